The fourth-order valence-electron chi connectivity index (χ4n) is 1.91. The molecule has 0 aliphatic carbocycles. The van der Waals surface area contributed by atoms with Crippen LogP contribution in [0.4, 0.5) is 5.69 Å². The highest BCUT2D eigenvalue weighted by molar-refractivity contribution is 6.05. The minimum Gasteiger partial charge on any atom is -0.504 e. The lowest BCUT2D eigenvalue weighted by Gasteiger charge is -2.08. The molecule has 0 unspecified atom stereocenters. The molecule has 0 saturated carbocycles. The van der Waals surface area contributed by atoms with Gasteiger partial charge in [0.05, 0.1) is 0 Å². The van der Waals surface area contributed by atoms with E-state index in [0.717, 1.165) is 12.1 Å². The molecule has 0 radical (unpaired) electrons. The summed E-state index contributed by atoms with van der Waals surface area (Å²) in [5, 5.41) is 30.6. The Hall–Kier alpha value is -3.09. The first-order chi connectivity index (χ1) is 10.0. The van der Waals surface area contributed by atoms with Crippen LogP contribution < -0.4 is 14.8 Å². The van der Waals surface area contributed by atoms with Crippen molar-refractivity contribution in [3.63, 3.8) is 0 Å². The Labute approximate surface area is 119 Å². The molecule has 2 aromatic carbocycles. The minimum atomic E-state index is -0.672. The van der Waals surface area contributed by atoms with E-state index in [2.05, 4.69) is 5.32 Å². The van der Waals surface area contributed by atoms with Gasteiger partial charge in [-0.15, -0.1) is 0 Å². The normalized spacial score (nSPS) is 12.2. The predicted octanol–water partition coefficient (Wildman–Crippen LogP) is 1.78. The van der Waals surface area contributed by atoms with E-state index in [-0.39, 0.29) is 12.4 Å². The first-order valence-electron chi connectivity index (χ1n) is 6.00. The van der Waals surface area contributed by atoms with E-state index >= 15 is 0 Å². The van der Waals surface area contributed by atoms with Crippen molar-refractivity contribution >= 4 is 11.6 Å². The second-order valence-corrected chi connectivity index (χ2v) is 4.39. The molecule has 1 aliphatic rings. The molecule has 21 heavy (non-hydrogen) atoms. The number of nitrogens with one attached hydrogen (secondary N) is 1. The fraction of sp³-hybridized carbons (Fsp3) is 0.0714. The first-order valence-corrected chi connectivity index (χ1v) is 6.00. The average molecular weight is 289 g/mol. The van der Waals surface area contributed by atoms with Gasteiger partial charge in [0.2, 0.25) is 6.79 Å². The zero-order chi connectivity index (χ0) is 15.0. The molecule has 2 aromatic rings. The molecule has 0 fully saturated rings. The van der Waals surface area contributed by atoms with Crippen molar-refractivity contribution in [2.75, 3.05) is 12.1 Å². The number of benzene rings is 2. The maximum atomic E-state index is 12.0. The Balaban J connectivity index is 1.83. The standard InChI is InChI=1S/C14H11NO6/c16-9-3-7(4-10(17)13(9)18)14(19)15-8-1-2-11-12(5-8)21-6-20-11/h1-5,16-18H,6H2,(H,15,19). The second-order valence-electron chi connectivity index (χ2n) is 4.39. The van der Waals surface area contributed by atoms with Gasteiger partial charge in [0.15, 0.2) is 28.7 Å². The number of hydrogen-bond donors (Lipinski definition) is 4. The molecule has 7 heteroatoms. The predicted molar refractivity (Wildman–Crippen MR) is 72.0 cm³/mol. The quantitative estimate of drug-likeness (QED) is 0.628. The zero-order valence-electron chi connectivity index (χ0n) is 10.7. The van der Waals surface area contributed by atoms with Crippen molar-refractivity contribution in [3.05, 3.63) is 35.9 Å². The Kier molecular flexibility index (Phi) is 2.94. The molecular formula is C14H11NO6. The molecule has 108 valence electrons. The van der Waals surface area contributed by atoms with Crippen LogP contribution in [0.5, 0.6) is 28.7 Å². The summed E-state index contributed by atoms with van der Waals surface area (Å²) >= 11 is 0. The topological polar surface area (TPSA) is 108 Å². The van der Waals surface area contributed by atoms with Gasteiger partial charge in [0.1, 0.15) is 0 Å². The molecule has 1 amide bonds. The monoisotopic (exact) mass is 289 g/mol. The largest absolute Gasteiger partial charge is 0.504 e. The molecular weight excluding hydrogens is 278 g/mol. The number of carbonyl (C=O) groups is 1. The fourth-order valence-corrected chi connectivity index (χ4v) is 1.91. The molecule has 0 spiro atoms. The van der Waals surface area contributed by atoms with E-state index in [1.54, 1.807) is 18.2 Å². The molecule has 0 bridgehead atoms. The van der Waals surface area contributed by atoms with Gasteiger partial charge in [-0.05, 0) is 24.3 Å². The number of hydrogen-bond acceptors (Lipinski definition) is 6. The van der Waals surface area contributed by atoms with Crippen molar-refractivity contribution in [3.8, 4) is 28.7 Å². The number of amides is 1. The highest BCUT2D eigenvalue weighted by atomic mass is 16.7. The Morgan fingerprint density at radius 1 is 1.00 bits per heavy atom. The van der Waals surface area contributed by atoms with E-state index in [0.29, 0.717) is 17.2 Å². The molecule has 4 N–H and O–H groups in total. The summed E-state index contributed by atoms with van der Waals surface area (Å²) in [4.78, 5) is 12.0. The molecule has 0 saturated heterocycles. The number of fused-ring (bicyclic) bond motifs is 1. The van der Waals surface area contributed by atoms with E-state index in [4.69, 9.17) is 9.47 Å². The van der Waals surface area contributed by atoms with Crippen molar-refractivity contribution in [2.24, 2.45) is 0 Å². The third-order valence-corrected chi connectivity index (χ3v) is 2.96. The van der Waals surface area contributed by atoms with Crippen molar-refractivity contribution in [2.45, 2.75) is 0 Å². The van der Waals surface area contributed by atoms with Gasteiger partial charge in [-0.1, -0.05) is 0 Å². The van der Waals surface area contributed by atoms with Crippen LogP contribution in [-0.2, 0) is 0 Å². The lowest BCUT2D eigenvalue weighted by molar-refractivity contribution is 0.102. The molecule has 1 heterocycles. The third-order valence-electron chi connectivity index (χ3n) is 2.96. The zero-order valence-corrected chi connectivity index (χ0v) is 10.7. The highest BCUT2D eigenvalue weighted by Crippen LogP contribution is 2.36. The van der Waals surface area contributed by atoms with Gasteiger partial charge >= 0.3 is 0 Å². The number of phenols is 3. The molecule has 7 nitrogen and oxygen atoms in total. The summed E-state index contributed by atoms with van der Waals surface area (Å²) in [5.74, 6) is -1.28. The number of carbonyl (C=O) groups excluding carboxylic acids is 1. The Morgan fingerprint density at radius 2 is 1.67 bits per heavy atom. The molecule has 3 rings (SSSR count). The minimum absolute atomic E-state index is 0.000432. The van der Waals surface area contributed by atoms with Gasteiger partial charge in [-0.3, -0.25) is 4.79 Å². The van der Waals surface area contributed by atoms with Crippen molar-refractivity contribution in [1.82, 2.24) is 0 Å². The number of ether oxygens (including phenoxy) is 2. The summed E-state index contributed by atoms with van der Waals surface area (Å²) in [6.07, 6.45) is 0. The second kappa shape index (κ2) is 4.78. The van der Waals surface area contributed by atoms with Crippen LogP contribution in [0, 0.1) is 0 Å². The smallest absolute Gasteiger partial charge is 0.255 e. The van der Waals surface area contributed by atoms with Crippen molar-refractivity contribution in [1.29, 1.82) is 0 Å². The van der Waals surface area contributed by atoms with E-state index in [1.165, 1.54) is 0 Å². The number of anilines is 1. The summed E-state index contributed by atoms with van der Waals surface area (Å²) in [6, 6.07) is 6.99. The van der Waals surface area contributed by atoms with Crippen LogP contribution >= 0.6 is 0 Å². The lowest BCUT2D eigenvalue weighted by Crippen LogP contribution is -2.11. The van der Waals surface area contributed by atoms with Crippen LogP contribution in [0.3, 0.4) is 0 Å². The maximum absolute atomic E-state index is 12.0. The van der Waals surface area contributed by atoms with Gasteiger partial charge in [0.25, 0.3) is 5.91 Å². The van der Waals surface area contributed by atoms with Gasteiger partial charge in [-0.25, -0.2) is 0 Å². The van der Waals surface area contributed by atoms with E-state index < -0.39 is 23.2 Å². The van der Waals surface area contributed by atoms with Gasteiger partial charge < -0.3 is 30.1 Å². The molecule has 0 aromatic heterocycles. The number of phenolic OH excluding ortho intramolecular Hbond substituents is 3. The SMILES string of the molecule is O=C(Nc1ccc2c(c1)OCO2)c1cc(O)c(O)c(O)c1. The first kappa shape index (κ1) is 12.9. The van der Waals surface area contributed by atoms with E-state index in [9.17, 15) is 20.1 Å². The maximum Gasteiger partial charge on any atom is 0.255 e. The Morgan fingerprint density at radius 3 is 2.38 bits per heavy atom. The number of rotatable bonds is 2. The highest BCUT2D eigenvalue weighted by Gasteiger charge is 2.16. The summed E-state index contributed by atoms with van der Waals surface area (Å²) in [5.41, 5.74) is 0.469. The summed E-state index contributed by atoms with van der Waals surface area (Å²) in [6.45, 7) is 0.131. The van der Waals surface area contributed by atoms with Crippen LogP contribution in [0.15, 0.2) is 30.3 Å². The average Bonchev–Trinajstić information content (AvgIpc) is 2.91. The molecule has 1 aliphatic heterocycles. The molecule has 0 atom stereocenters. The summed E-state index contributed by atoms with van der Waals surface area (Å²) in [7, 11) is 0. The van der Waals surface area contributed by atoms with Gasteiger partial charge in [0, 0.05) is 17.3 Å². The van der Waals surface area contributed by atoms with Crippen LogP contribution in [0.1, 0.15) is 10.4 Å². The Bertz CT molecular complexity index is 704. The summed E-state index contributed by atoms with van der Waals surface area (Å²) < 4.78 is 10.4. The van der Waals surface area contributed by atoms with Gasteiger partial charge in [-0.2, -0.15) is 0 Å². The third kappa shape index (κ3) is 2.36. The van der Waals surface area contributed by atoms with Crippen molar-refractivity contribution < 1.29 is 29.6 Å². The number of aromatic hydroxyl groups is 3. The van der Waals surface area contributed by atoms with Crippen LogP contribution in [0.25, 0.3) is 0 Å². The lowest BCUT2D eigenvalue weighted by atomic mass is 10.1. The van der Waals surface area contributed by atoms with Crippen LogP contribution in [0.2, 0.25) is 0 Å². The van der Waals surface area contributed by atoms with Crippen LogP contribution in [-0.4, -0.2) is 28.0 Å². The van der Waals surface area contributed by atoms with E-state index in [1.807, 2.05) is 0 Å².